The van der Waals surface area contributed by atoms with Gasteiger partial charge in [-0.1, -0.05) is 0 Å². The van der Waals surface area contributed by atoms with Crippen LogP contribution in [0.15, 0.2) is 18.2 Å². The zero-order valence-corrected chi connectivity index (χ0v) is 14.2. The standard InChI is InChI=1S/C15H18F2N2O5.ClH/c1-22-14(21)8-2-4-10(12(6-8)24-15(16)17)19-13(20)11-5-3-9(7-18)23-11;/h2,4,6,9,11,15H,3,5,7,18H2,1H3,(H,19,20);1H/t9-,11+;/m1./s1. The molecule has 1 saturated heterocycles. The lowest BCUT2D eigenvalue weighted by Gasteiger charge is -2.16. The number of amides is 1. The van der Waals surface area contributed by atoms with Crippen LogP contribution in [-0.2, 0) is 14.3 Å². The summed E-state index contributed by atoms with van der Waals surface area (Å²) in [6, 6.07) is 3.70. The van der Waals surface area contributed by atoms with E-state index in [1.807, 2.05) is 0 Å². The molecule has 3 N–H and O–H groups in total. The molecule has 0 saturated carbocycles. The maximum atomic E-state index is 12.6. The second-order valence-electron chi connectivity index (χ2n) is 5.13. The number of hydrogen-bond donors (Lipinski definition) is 2. The van der Waals surface area contributed by atoms with E-state index < -0.39 is 24.6 Å². The topological polar surface area (TPSA) is 99.9 Å². The number of rotatable bonds is 6. The minimum absolute atomic E-state index is 0. The highest BCUT2D eigenvalue weighted by atomic mass is 35.5. The summed E-state index contributed by atoms with van der Waals surface area (Å²) in [5.41, 5.74) is 5.51. The molecule has 1 fully saturated rings. The van der Waals surface area contributed by atoms with Gasteiger partial charge in [0.1, 0.15) is 11.9 Å². The monoisotopic (exact) mass is 380 g/mol. The summed E-state index contributed by atoms with van der Waals surface area (Å²) in [4.78, 5) is 23.7. The second kappa shape index (κ2) is 9.50. The van der Waals surface area contributed by atoms with E-state index in [9.17, 15) is 18.4 Å². The molecule has 1 aromatic rings. The van der Waals surface area contributed by atoms with Gasteiger partial charge in [-0.05, 0) is 31.0 Å². The molecule has 1 aliphatic rings. The molecule has 0 bridgehead atoms. The van der Waals surface area contributed by atoms with E-state index >= 15 is 0 Å². The van der Waals surface area contributed by atoms with Crippen LogP contribution in [0.3, 0.4) is 0 Å². The number of carbonyl (C=O) groups excluding carboxylic acids is 2. The highest BCUT2D eigenvalue weighted by Crippen LogP contribution is 2.29. The third-order valence-corrected chi connectivity index (χ3v) is 3.54. The summed E-state index contributed by atoms with van der Waals surface area (Å²) in [7, 11) is 1.16. The lowest BCUT2D eigenvalue weighted by molar-refractivity contribution is -0.126. The minimum atomic E-state index is -3.11. The largest absolute Gasteiger partial charge is 0.465 e. The predicted octanol–water partition coefficient (Wildman–Crippen LogP) is 1.94. The number of nitrogens with two attached hydrogens (primary N) is 1. The van der Waals surface area contributed by atoms with Crippen molar-refractivity contribution in [3.63, 3.8) is 0 Å². The Morgan fingerprint density at radius 2 is 2.12 bits per heavy atom. The molecule has 10 heteroatoms. The molecule has 2 atom stereocenters. The molecule has 1 aromatic carbocycles. The summed E-state index contributed by atoms with van der Waals surface area (Å²) >= 11 is 0. The van der Waals surface area contributed by atoms with Crippen LogP contribution in [0.1, 0.15) is 23.2 Å². The number of ether oxygens (including phenoxy) is 3. The highest BCUT2D eigenvalue weighted by Gasteiger charge is 2.30. The molecule has 0 unspecified atom stereocenters. The van der Waals surface area contributed by atoms with Crippen molar-refractivity contribution >= 4 is 30.0 Å². The Labute approximate surface area is 149 Å². The summed E-state index contributed by atoms with van der Waals surface area (Å²) in [6.45, 7) is -2.81. The van der Waals surface area contributed by atoms with Crippen molar-refractivity contribution in [3.05, 3.63) is 23.8 Å². The number of hydrogen-bond acceptors (Lipinski definition) is 6. The zero-order chi connectivity index (χ0) is 17.7. The maximum Gasteiger partial charge on any atom is 0.387 e. The van der Waals surface area contributed by atoms with Crippen molar-refractivity contribution in [2.75, 3.05) is 19.0 Å². The van der Waals surface area contributed by atoms with E-state index in [4.69, 9.17) is 10.5 Å². The van der Waals surface area contributed by atoms with Crippen molar-refractivity contribution in [1.29, 1.82) is 0 Å². The van der Waals surface area contributed by atoms with Crippen molar-refractivity contribution in [2.24, 2.45) is 5.73 Å². The fourth-order valence-corrected chi connectivity index (χ4v) is 2.35. The molecule has 1 amide bonds. The lowest BCUT2D eigenvalue weighted by Crippen LogP contribution is -2.30. The molecule has 0 radical (unpaired) electrons. The van der Waals surface area contributed by atoms with E-state index in [1.165, 1.54) is 12.1 Å². The van der Waals surface area contributed by atoms with Gasteiger partial charge in [0.15, 0.2) is 0 Å². The van der Waals surface area contributed by atoms with Crippen LogP contribution in [-0.4, -0.2) is 44.4 Å². The van der Waals surface area contributed by atoms with Crippen LogP contribution in [0.2, 0.25) is 0 Å². The van der Waals surface area contributed by atoms with Gasteiger partial charge in [-0.15, -0.1) is 12.4 Å². The van der Waals surface area contributed by atoms with Crippen molar-refractivity contribution < 1.29 is 32.6 Å². The van der Waals surface area contributed by atoms with E-state index in [0.29, 0.717) is 19.4 Å². The highest BCUT2D eigenvalue weighted by molar-refractivity contribution is 5.97. The average molecular weight is 381 g/mol. The third-order valence-electron chi connectivity index (χ3n) is 3.54. The van der Waals surface area contributed by atoms with Crippen molar-refractivity contribution in [1.82, 2.24) is 0 Å². The van der Waals surface area contributed by atoms with E-state index in [-0.39, 0.29) is 35.5 Å². The smallest absolute Gasteiger partial charge is 0.387 e. The van der Waals surface area contributed by atoms with E-state index in [0.717, 1.165) is 13.2 Å². The van der Waals surface area contributed by atoms with E-state index in [1.54, 1.807) is 0 Å². The van der Waals surface area contributed by atoms with E-state index in [2.05, 4.69) is 14.8 Å². The van der Waals surface area contributed by atoms with Crippen LogP contribution in [0, 0.1) is 0 Å². The number of esters is 1. The Bertz CT molecular complexity index is 618. The molecule has 0 aromatic heterocycles. The molecule has 0 spiro atoms. The first-order chi connectivity index (χ1) is 11.4. The fourth-order valence-electron chi connectivity index (χ4n) is 2.35. The van der Waals surface area contributed by atoms with Crippen LogP contribution < -0.4 is 15.8 Å². The van der Waals surface area contributed by atoms with Gasteiger partial charge < -0.3 is 25.3 Å². The Hall–Kier alpha value is -1.97. The summed E-state index contributed by atoms with van der Waals surface area (Å²) < 4.78 is 39.5. The van der Waals surface area contributed by atoms with Crippen LogP contribution in [0.4, 0.5) is 14.5 Å². The van der Waals surface area contributed by atoms with Gasteiger partial charge in [0.05, 0.1) is 24.5 Å². The first kappa shape index (κ1) is 21.1. The van der Waals surface area contributed by atoms with Crippen LogP contribution >= 0.6 is 12.4 Å². The lowest BCUT2D eigenvalue weighted by atomic mass is 10.1. The van der Waals surface area contributed by atoms with Gasteiger partial charge in [0.2, 0.25) is 0 Å². The molecule has 0 aliphatic carbocycles. The maximum absolute atomic E-state index is 12.6. The van der Waals surface area contributed by atoms with Gasteiger partial charge in [0, 0.05) is 6.54 Å². The Balaban J connectivity index is 0.00000312. The molecule has 7 nitrogen and oxygen atoms in total. The first-order valence-electron chi connectivity index (χ1n) is 7.28. The number of benzene rings is 1. The Morgan fingerprint density at radius 1 is 1.40 bits per heavy atom. The van der Waals surface area contributed by atoms with Crippen LogP contribution in [0.5, 0.6) is 5.75 Å². The summed E-state index contributed by atoms with van der Waals surface area (Å²) in [5, 5.41) is 2.47. The normalized spacial score (nSPS) is 19.2. The van der Waals surface area contributed by atoms with Gasteiger partial charge in [-0.2, -0.15) is 8.78 Å². The molecule has 2 rings (SSSR count). The summed E-state index contributed by atoms with van der Waals surface area (Å²) in [6.07, 6.45) is 0.229. The minimum Gasteiger partial charge on any atom is -0.465 e. The fraction of sp³-hybridized carbons (Fsp3) is 0.467. The van der Waals surface area contributed by atoms with Crippen molar-refractivity contribution in [2.45, 2.75) is 31.7 Å². The van der Waals surface area contributed by atoms with Crippen molar-refractivity contribution in [3.8, 4) is 5.75 Å². The van der Waals surface area contributed by atoms with Gasteiger partial charge in [-0.3, -0.25) is 4.79 Å². The number of carbonyl (C=O) groups is 2. The summed E-state index contributed by atoms with van der Waals surface area (Å²) in [5.74, 6) is -1.54. The molecule has 140 valence electrons. The zero-order valence-electron chi connectivity index (χ0n) is 13.4. The number of alkyl halides is 2. The Kier molecular flexibility index (Phi) is 8.01. The van der Waals surface area contributed by atoms with Gasteiger partial charge >= 0.3 is 12.6 Å². The molecular formula is C15H19ClF2N2O5. The van der Waals surface area contributed by atoms with Crippen LogP contribution in [0.25, 0.3) is 0 Å². The molecule has 25 heavy (non-hydrogen) atoms. The molecule has 1 heterocycles. The number of methoxy groups -OCH3 is 1. The molecule has 1 aliphatic heterocycles. The number of anilines is 1. The predicted molar refractivity (Wildman–Crippen MR) is 87.2 cm³/mol. The SMILES string of the molecule is COC(=O)c1ccc(NC(=O)[C@@H]2CC[C@H](CN)O2)c(OC(F)F)c1.Cl. The third kappa shape index (κ3) is 5.52. The van der Waals surface area contributed by atoms with Gasteiger partial charge in [0.25, 0.3) is 5.91 Å². The average Bonchev–Trinajstić information content (AvgIpc) is 3.04. The second-order valence-corrected chi connectivity index (χ2v) is 5.13. The van der Waals surface area contributed by atoms with Gasteiger partial charge in [-0.25, -0.2) is 4.79 Å². The Morgan fingerprint density at radius 3 is 2.68 bits per heavy atom. The number of nitrogens with one attached hydrogen (secondary N) is 1. The first-order valence-corrected chi connectivity index (χ1v) is 7.28. The quantitative estimate of drug-likeness (QED) is 0.732. The number of halogens is 3. The molecular weight excluding hydrogens is 362 g/mol.